The van der Waals surface area contributed by atoms with E-state index >= 15 is 0 Å². The molecule has 1 aliphatic heterocycles. The van der Waals surface area contributed by atoms with Crippen LogP contribution in [-0.4, -0.2) is 35.8 Å². The molecule has 1 aliphatic rings. The molecule has 5 heteroatoms. The van der Waals surface area contributed by atoms with E-state index in [-0.39, 0.29) is 5.91 Å². The van der Waals surface area contributed by atoms with Gasteiger partial charge in [-0.15, -0.1) is 0 Å². The average Bonchev–Trinajstić information content (AvgIpc) is 2.52. The summed E-state index contributed by atoms with van der Waals surface area (Å²) in [7, 11) is 0. The lowest BCUT2D eigenvalue weighted by Crippen LogP contribution is -2.44. The summed E-state index contributed by atoms with van der Waals surface area (Å²) in [5.41, 5.74) is 10.4. The SMILES string of the molecule is NCCC(=O)N1CCCC1C(N)=O. The van der Waals surface area contributed by atoms with E-state index in [2.05, 4.69) is 0 Å². The minimum atomic E-state index is -0.414. The summed E-state index contributed by atoms with van der Waals surface area (Å²) in [4.78, 5) is 23.9. The van der Waals surface area contributed by atoms with Crippen LogP contribution in [0.1, 0.15) is 19.3 Å². The quantitative estimate of drug-likeness (QED) is 0.579. The summed E-state index contributed by atoms with van der Waals surface area (Å²) < 4.78 is 0. The number of carbonyl (C=O) groups excluding carboxylic acids is 2. The van der Waals surface area contributed by atoms with Gasteiger partial charge in [0.1, 0.15) is 6.04 Å². The van der Waals surface area contributed by atoms with E-state index in [0.29, 0.717) is 25.9 Å². The van der Waals surface area contributed by atoms with Crippen LogP contribution in [0.2, 0.25) is 0 Å². The molecule has 5 nitrogen and oxygen atoms in total. The fourth-order valence-corrected chi connectivity index (χ4v) is 1.63. The molecule has 0 spiro atoms. The van der Waals surface area contributed by atoms with Crippen molar-refractivity contribution in [1.29, 1.82) is 0 Å². The predicted octanol–water partition coefficient (Wildman–Crippen LogP) is -1.19. The Balaban J connectivity index is 2.57. The van der Waals surface area contributed by atoms with Gasteiger partial charge in [-0.3, -0.25) is 9.59 Å². The lowest BCUT2D eigenvalue weighted by Gasteiger charge is -2.21. The number of amides is 2. The third-order valence-electron chi connectivity index (χ3n) is 2.26. The third kappa shape index (κ3) is 2.18. The first-order chi connectivity index (χ1) is 6.16. The highest BCUT2D eigenvalue weighted by Gasteiger charge is 2.31. The Morgan fingerprint density at radius 3 is 2.69 bits per heavy atom. The normalized spacial score (nSPS) is 21.9. The van der Waals surface area contributed by atoms with Crippen LogP contribution in [0.5, 0.6) is 0 Å². The Kier molecular flexibility index (Phi) is 3.25. The van der Waals surface area contributed by atoms with Crippen LogP contribution in [0.25, 0.3) is 0 Å². The van der Waals surface area contributed by atoms with Crippen molar-refractivity contribution in [2.24, 2.45) is 11.5 Å². The Morgan fingerprint density at radius 2 is 2.15 bits per heavy atom. The van der Waals surface area contributed by atoms with Crippen molar-refractivity contribution in [2.45, 2.75) is 25.3 Å². The lowest BCUT2D eigenvalue weighted by molar-refractivity contribution is -0.137. The zero-order valence-corrected chi connectivity index (χ0v) is 7.53. The zero-order chi connectivity index (χ0) is 9.84. The molecule has 1 saturated heterocycles. The topological polar surface area (TPSA) is 89.4 Å². The van der Waals surface area contributed by atoms with Gasteiger partial charge in [0.25, 0.3) is 0 Å². The lowest BCUT2D eigenvalue weighted by atomic mass is 10.2. The molecule has 1 rings (SSSR count). The summed E-state index contributed by atoms with van der Waals surface area (Å²) >= 11 is 0. The minimum Gasteiger partial charge on any atom is -0.368 e. The second-order valence-corrected chi connectivity index (χ2v) is 3.19. The first-order valence-corrected chi connectivity index (χ1v) is 4.45. The highest BCUT2D eigenvalue weighted by atomic mass is 16.2. The number of hydrogen-bond acceptors (Lipinski definition) is 3. The molecular weight excluding hydrogens is 170 g/mol. The number of carbonyl (C=O) groups is 2. The number of rotatable bonds is 3. The largest absolute Gasteiger partial charge is 0.368 e. The molecule has 1 fully saturated rings. The molecule has 0 saturated carbocycles. The molecule has 1 unspecified atom stereocenters. The Hall–Kier alpha value is -1.10. The molecule has 0 aliphatic carbocycles. The van der Waals surface area contributed by atoms with Gasteiger partial charge in [0.2, 0.25) is 11.8 Å². The molecule has 1 atom stereocenters. The second-order valence-electron chi connectivity index (χ2n) is 3.19. The summed E-state index contributed by atoms with van der Waals surface area (Å²) in [6.07, 6.45) is 1.83. The minimum absolute atomic E-state index is 0.0659. The van der Waals surface area contributed by atoms with Gasteiger partial charge >= 0.3 is 0 Å². The van der Waals surface area contributed by atoms with E-state index in [0.717, 1.165) is 6.42 Å². The van der Waals surface area contributed by atoms with Crippen molar-refractivity contribution in [2.75, 3.05) is 13.1 Å². The zero-order valence-electron chi connectivity index (χ0n) is 7.53. The first-order valence-electron chi connectivity index (χ1n) is 4.45. The standard InChI is InChI=1S/C8H15N3O2/c9-4-3-7(12)11-5-1-2-6(11)8(10)13/h6H,1-5,9H2,(H2,10,13). The number of likely N-dealkylation sites (tertiary alicyclic amines) is 1. The van der Waals surface area contributed by atoms with E-state index in [4.69, 9.17) is 11.5 Å². The number of nitrogens with zero attached hydrogens (tertiary/aromatic N) is 1. The summed E-state index contributed by atoms with van der Waals surface area (Å²) in [6, 6.07) is -0.404. The summed E-state index contributed by atoms with van der Waals surface area (Å²) in [6.45, 7) is 0.952. The van der Waals surface area contributed by atoms with E-state index < -0.39 is 11.9 Å². The maximum atomic E-state index is 11.4. The van der Waals surface area contributed by atoms with Gasteiger partial charge < -0.3 is 16.4 Å². The number of nitrogens with two attached hydrogens (primary N) is 2. The van der Waals surface area contributed by atoms with E-state index in [1.165, 1.54) is 4.90 Å². The molecular formula is C8H15N3O2. The van der Waals surface area contributed by atoms with Gasteiger partial charge in [-0.05, 0) is 12.8 Å². The smallest absolute Gasteiger partial charge is 0.240 e. The van der Waals surface area contributed by atoms with Gasteiger partial charge in [-0.2, -0.15) is 0 Å². The maximum Gasteiger partial charge on any atom is 0.240 e. The number of primary amides is 1. The van der Waals surface area contributed by atoms with Gasteiger partial charge in [-0.25, -0.2) is 0 Å². The Morgan fingerprint density at radius 1 is 1.46 bits per heavy atom. The van der Waals surface area contributed by atoms with Crippen molar-refractivity contribution in [1.82, 2.24) is 4.90 Å². The van der Waals surface area contributed by atoms with Crippen molar-refractivity contribution in [3.05, 3.63) is 0 Å². The Bertz CT molecular complexity index is 217. The fourth-order valence-electron chi connectivity index (χ4n) is 1.63. The van der Waals surface area contributed by atoms with Crippen LogP contribution in [-0.2, 0) is 9.59 Å². The van der Waals surface area contributed by atoms with Crippen LogP contribution in [0.4, 0.5) is 0 Å². The molecule has 0 radical (unpaired) electrons. The van der Waals surface area contributed by atoms with Crippen LogP contribution >= 0.6 is 0 Å². The molecule has 13 heavy (non-hydrogen) atoms. The van der Waals surface area contributed by atoms with E-state index in [1.807, 2.05) is 0 Å². The van der Waals surface area contributed by atoms with Gasteiger partial charge in [0, 0.05) is 19.5 Å². The van der Waals surface area contributed by atoms with Crippen LogP contribution in [0.15, 0.2) is 0 Å². The molecule has 0 bridgehead atoms. The second kappa shape index (κ2) is 4.23. The molecule has 0 aromatic carbocycles. The van der Waals surface area contributed by atoms with Gasteiger partial charge in [0.05, 0.1) is 0 Å². The molecule has 0 aromatic heterocycles. The molecule has 1 heterocycles. The van der Waals surface area contributed by atoms with E-state index in [1.54, 1.807) is 0 Å². The van der Waals surface area contributed by atoms with Crippen LogP contribution in [0, 0.1) is 0 Å². The van der Waals surface area contributed by atoms with Gasteiger partial charge in [0.15, 0.2) is 0 Å². The van der Waals surface area contributed by atoms with Crippen LogP contribution < -0.4 is 11.5 Å². The van der Waals surface area contributed by atoms with Gasteiger partial charge in [-0.1, -0.05) is 0 Å². The highest BCUT2D eigenvalue weighted by Crippen LogP contribution is 2.17. The summed E-state index contributed by atoms with van der Waals surface area (Å²) in [5.74, 6) is -0.480. The van der Waals surface area contributed by atoms with E-state index in [9.17, 15) is 9.59 Å². The first kappa shape index (κ1) is 9.98. The Labute approximate surface area is 77.1 Å². The van der Waals surface area contributed by atoms with Crippen molar-refractivity contribution < 1.29 is 9.59 Å². The molecule has 2 amide bonds. The van der Waals surface area contributed by atoms with Crippen molar-refractivity contribution >= 4 is 11.8 Å². The predicted molar refractivity (Wildman–Crippen MR) is 47.6 cm³/mol. The third-order valence-corrected chi connectivity index (χ3v) is 2.26. The maximum absolute atomic E-state index is 11.4. The molecule has 0 aromatic rings. The fraction of sp³-hybridized carbons (Fsp3) is 0.750. The molecule has 4 N–H and O–H groups in total. The van der Waals surface area contributed by atoms with Crippen molar-refractivity contribution in [3.8, 4) is 0 Å². The molecule has 74 valence electrons. The van der Waals surface area contributed by atoms with Crippen LogP contribution in [0.3, 0.4) is 0 Å². The monoisotopic (exact) mass is 185 g/mol. The number of hydrogen-bond donors (Lipinski definition) is 2. The average molecular weight is 185 g/mol. The highest BCUT2D eigenvalue weighted by molar-refractivity contribution is 5.87. The summed E-state index contributed by atoms with van der Waals surface area (Å²) in [5, 5.41) is 0. The van der Waals surface area contributed by atoms with Crippen molar-refractivity contribution in [3.63, 3.8) is 0 Å².